The van der Waals surface area contributed by atoms with E-state index in [9.17, 15) is 0 Å². The van der Waals surface area contributed by atoms with Crippen molar-refractivity contribution >= 4 is 0 Å². The van der Waals surface area contributed by atoms with Crippen molar-refractivity contribution in [2.45, 2.75) is 59.0 Å². The minimum atomic E-state index is 0.391. The maximum absolute atomic E-state index is 3.62. The van der Waals surface area contributed by atoms with E-state index in [1.54, 1.807) is 0 Å². The largest absolute Gasteiger partial charge is 0.314 e. The zero-order chi connectivity index (χ0) is 14.5. The zero-order valence-electron chi connectivity index (χ0n) is 14.0. The van der Waals surface area contributed by atoms with Gasteiger partial charge in [0.1, 0.15) is 0 Å². The first kappa shape index (κ1) is 16.9. The van der Waals surface area contributed by atoms with Crippen LogP contribution in [0.3, 0.4) is 0 Å². The first-order chi connectivity index (χ1) is 8.86. The smallest absolute Gasteiger partial charge is 0.0117 e. The van der Waals surface area contributed by atoms with E-state index in [2.05, 4.69) is 56.9 Å². The third-order valence-corrected chi connectivity index (χ3v) is 4.73. The summed E-state index contributed by atoms with van der Waals surface area (Å²) in [5, 5.41) is 3.62. The van der Waals surface area contributed by atoms with Crippen LogP contribution in [-0.4, -0.2) is 62.2 Å². The van der Waals surface area contributed by atoms with Crippen molar-refractivity contribution in [2.24, 2.45) is 5.41 Å². The molecule has 1 aliphatic heterocycles. The molecule has 0 aromatic rings. The maximum atomic E-state index is 3.62. The molecule has 1 N–H and O–H groups in total. The van der Waals surface area contributed by atoms with Crippen LogP contribution >= 0.6 is 0 Å². The minimum absolute atomic E-state index is 0.391. The van der Waals surface area contributed by atoms with Crippen LogP contribution < -0.4 is 5.32 Å². The second kappa shape index (κ2) is 7.61. The van der Waals surface area contributed by atoms with Crippen LogP contribution in [0.5, 0.6) is 0 Å². The number of nitrogens with one attached hydrogen (secondary N) is 1. The van der Waals surface area contributed by atoms with Crippen LogP contribution in [-0.2, 0) is 0 Å². The van der Waals surface area contributed by atoms with Crippen LogP contribution in [0.2, 0.25) is 0 Å². The second-order valence-corrected chi connectivity index (χ2v) is 7.15. The van der Waals surface area contributed by atoms with E-state index >= 15 is 0 Å². The SMILES string of the molecule is CCC(C)(CNC(C)C)CN(C)C1CCN(C)CC1. The van der Waals surface area contributed by atoms with Crippen LogP contribution in [0.25, 0.3) is 0 Å². The molecule has 1 saturated heterocycles. The van der Waals surface area contributed by atoms with E-state index in [0.717, 1.165) is 12.6 Å². The summed E-state index contributed by atoms with van der Waals surface area (Å²) in [6.07, 6.45) is 3.89. The van der Waals surface area contributed by atoms with Gasteiger partial charge in [0.05, 0.1) is 0 Å². The summed E-state index contributed by atoms with van der Waals surface area (Å²) in [4.78, 5) is 5.06. The average Bonchev–Trinajstić information content (AvgIpc) is 2.37. The standard InChI is InChI=1S/C16H35N3/c1-7-16(4,12-17-14(2)3)13-19(6)15-8-10-18(5)11-9-15/h14-15,17H,7-13H2,1-6H3. The van der Waals surface area contributed by atoms with E-state index in [1.807, 2.05) is 0 Å². The summed E-state index contributed by atoms with van der Waals surface area (Å²) in [5.74, 6) is 0. The molecule has 1 unspecified atom stereocenters. The van der Waals surface area contributed by atoms with Gasteiger partial charge in [-0.1, -0.05) is 27.7 Å². The Morgan fingerprint density at radius 3 is 2.37 bits per heavy atom. The van der Waals surface area contributed by atoms with Gasteiger partial charge in [0, 0.05) is 25.2 Å². The summed E-state index contributed by atoms with van der Waals surface area (Å²) >= 11 is 0. The summed E-state index contributed by atoms with van der Waals surface area (Å²) < 4.78 is 0. The van der Waals surface area contributed by atoms with E-state index in [4.69, 9.17) is 0 Å². The number of piperidine rings is 1. The lowest BCUT2D eigenvalue weighted by Gasteiger charge is -2.40. The van der Waals surface area contributed by atoms with Gasteiger partial charge >= 0.3 is 0 Å². The van der Waals surface area contributed by atoms with Crippen molar-refractivity contribution in [1.82, 2.24) is 15.1 Å². The number of likely N-dealkylation sites (tertiary alicyclic amines) is 1. The van der Waals surface area contributed by atoms with Crippen molar-refractivity contribution < 1.29 is 0 Å². The fraction of sp³-hybridized carbons (Fsp3) is 1.00. The molecule has 0 amide bonds. The average molecular weight is 269 g/mol. The molecule has 0 saturated carbocycles. The highest BCUT2D eigenvalue weighted by atomic mass is 15.2. The van der Waals surface area contributed by atoms with Crippen LogP contribution in [0, 0.1) is 5.41 Å². The first-order valence-corrected chi connectivity index (χ1v) is 7.98. The number of hydrogen-bond donors (Lipinski definition) is 1. The van der Waals surface area contributed by atoms with Crippen molar-refractivity contribution in [3.8, 4) is 0 Å². The van der Waals surface area contributed by atoms with E-state index < -0.39 is 0 Å². The van der Waals surface area contributed by atoms with Gasteiger partial charge in [-0.05, 0) is 51.9 Å². The van der Waals surface area contributed by atoms with Gasteiger partial charge in [0.15, 0.2) is 0 Å². The molecule has 3 nitrogen and oxygen atoms in total. The van der Waals surface area contributed by atoms with Gasteiger partial charge in [0.25, 0.3) is 0 Å². The Labute approximate surface area is 120 Å². The lowest BCUT2D eigenvalue weighted by atomic mass is 9.85. The maximum Gasteiger partial charge on any atom is 0.0117 e. The summed E-state index contributed by atoms with van der Waals surface area (Å²) in [5.41, 5.74) is 0.391. The summed E-state index contributed by atoms with van der Waals surface area (Å²) in [6, 6.07) is 1.36. The Hall–Kier alpha value is -0.120. The normalized spacial score (nSPS) is 22.1. The first-order valence-electron chi connectivity index (χ1n) is 7.98. The van der Waals surface area contributed by atoms with E-state index in [-0.39, 0.29) is 0 Å². The van der Waals surface area contributed by atoms with Gasteiger partial charge in [-0.25, -0.2) is 0 Å². The minimum Gasteiger partial charge on any atom is -0.314 e. The molecule has 0 aromatic heterocycles. The van der Waals surface area contributed by atoms with Crippen molar-refractivity contribution in [1.29, 1.82) is 0 Å². The molecule has 114 valence electrons. The molecule has 0 bridgehead atoms. The molecule has 0 spiro atoms. The quantitative estimate of drug-likeness (QED) is 0.766. The summed E-state index contributed by atoms with van der Waals surface area (Å²) in [7, 11) is 4.55. The van der Waals surface area contributed by atoms with Gasteiger partial charge in [-0.15, -0.1) is 0 Å². The third-order valence-electron chi connectivity index (χ3n) is 4.73. The molecule has 1 heterocycles. The van der Waals surface area contributed by atoms with Gasteiger partial charge in [0.2, 0.25) is 0 Å². The predicted octanol–water partition coefficient (Wildman–Crippen LogP) is 2.43. The Kier molecular flexibility index (Phi) is 6.78. The van der Waals surface area contributed by atoms with Gasteiger partial charge in [-0.3, -0.25) is 0 Å². The molecule has 1 aliphatic rings. The Balaban J connectivity index is 2.45. The second-order valence-electron chi connectivity index (χ2n) is 7.15. The van der Waals surface area contributed by atoms with Crippen LogP contribution in [0.4, 0.5) is 0 Å². The monoisotopic (exact) mass is 269 g/mol. The highest BCUT2D eigenvalue weighted by Crippen LogP contribution is 2.24. The fourth-order valence-electron chi connectivity index (χ4n) is 2.91. The topological polar surface area (TPSA) is 18.5 Å². The number of nitrogens with zero attached hydrogens (tertiary/aromatic N) is 2. The van der Waals surface area contributed by atoms with Crippen LogP contribution in [0.15, 0.2) is 0 Å². The van der Waals surface area contributed by atoms with Crippen molar-refractivity contribution in [2.75, 3.05) is 40.3 Å². The number of hydrogen-bond acceptors (Lipinski definition) is 3. The predicted molar refractivity (Wildman–Crippen MR) is 84.7 cm³/mol. The fourth-order valence-corrected chi connectivity index (χ4v) is 2.91. The lowest BCUT2D eigenvalue weighted by Crippen LogP contribution is -2.48. The molecule has 1 fully saturated rings. The van der Waals surface area contributed by atoms with Crippen molar-refractivity contribution in [3.05, 3.63) is 0 Å². The number of rotatable bonds is 7. The van der Waals surface area contributed by atoms with Gasteiger partial charge < -0.3 is 15.1 Å². The van der Waals surface area contributed by atoms with E-state index in [0.29, 0.717) is 11.5 Å². The molecule has 1 rings (SSSR count). The van der Waals surface area contributed by atoms with Gasteiger partial charge in [-0.2, -0.15) is 0 Å². The van der Waals surface area contributed by atoms with Crippen molar-refractivity contribution in [3.63, 3.8) is 0 Å². The molecule has 0 aliphatic carbocycles. The molecular weight excluding hydrogens is 234 g/mol. The molecular formula is C16H35N3. The zero-order valence-corrected chi connectivity index (χ0v) is 14.0. The molecule has 0 radical (unpaired) electrons. The van der Waals surface area contributed by atoms with Crippen LogP contribution in [0.1, 0.15) is 47.0 Å². The Bertz CT molecular complexity index is 246. The Morgan fingerprint density at radius 1 is 1.32 bits per heavy atom. The summed E-state index contributed by atoms with van der Waals surface area (Å²) in [6.45, 7) is 14.0. The molecule has 3 heteroatoms. The Morgan fingerprint density at radius 2 is 1.89 bits per heavy atom. The lowest BCUT2D eigenvalue weighted by molar-refractivity contribution is 0.0959. The highest BCUT2D eigenvalue weighted by Gasteiger charge is 2.28. The molecule has 0 aromatic carbocycles. The molecule has 19 heavy (non-hydrogen) atoms. The third kappa shape index (κ3) is 5.80. The van der Waals surface area contributed by atoms with E-state index in [1.165, 1.54) is 38.9 Å². The highest BCUT2D eigenvalue weighted by molar-refractivity contribution is 4.84. The molecule has 1 atom stereocenters.